The SMILES string of the molecule is CCOc1cc(C=O)ccc1OCCOc1ccc(-c2ccccc2)cc1. The second-order valence-electron chi connectivity index (χ2n) is 5.84. The van der Waals surface area contributed by atoms with Crippen LogP contribution in [0.15, 0.2) is 72.8 Å². The van der Waals surface area contributed by atoms with Crippen molar-refractivity contribution in [2.45, 2.75) is 6.92 Å². The van der Waals surface area contributed by atoms with E-state index in [0.717, 1.165) is 17.6 Å². The Labute approximate surface area is 159 Å². The first-order chi connectivity index (χ1) is 13.3. The highest BCUT2D eigenvalue weighted by Gasteiger charge is 2.06. The highest BCUT2D eigenvalue weighted by Crippen LogP contribution is 2.28. The summed E-state index contributed by atoms with van der Waals surface area (Å²) in [6.07, 6.45) is 0.786. The summed E-state index contributed by atoms with van der Waals surface area (Å²) in [4.78, 5) is 10.9. The van der Waals surface area contributed by atoms with E-state index in [-0.39, 0.29) is 0 Å². The molecule has 4 nitrogen and oxygen atoms in total. The zero-order valence-electron chi connectivity index (χ0n) is 15.3. The van der Waals surface area contributed by atoms with Crippen molar-refractivity contribution in [1.29, 1.82) is 0 Å². The summed E-state index contributed by atoms with van der Waals surface area (Å²) in [6, 6.07) is 23.3. The van der Waals surface area contributed by atoms with Crippen molar-refractivity contribution in [3.05, 3.63) is 78.4 Å². The number of ether oxygens (including phenoxy) is 3. The van der Waals surface area contributed by atoms with E-state index in [0.29, 0.717) is 36.9 Å². The first-order valence-electron chi connectivity index (χ1n) is 8.93. The zero-order valence-corrected chi connectivity index (χ0v) is 15.3. The second-order valence-corrected chi connectivity index (χ2v) is 5.84. The lowest BCUT2D eigenvalue weighted by Crippen LogP contribution is -2.10. The Balaban J connectivity index is 1.52. The molecular formula is C23H22O4. The fraction of sp³-hybridized carbons (Fsp3) is 0.174. The van der Waals surface area contributed by atoms with Crippen LogP contribution in [-0.4, -0.2) is 26.1 Å². The molecule has 0 atom stereocenters. The molecule has 3 aromatic carbocycles. The molecule has 0 bridgehead atoms. The largest absolute Gasteiger partial charge is 0.490 e. The van der Waals surface area contributed by atoms with Gasteiger partial charge in [0.05, 0.1) is 6.61 Å². The molecule has 0 fully saturated rings. The van der Waals surface area contributed by atoms with Crippen LogP contribution in [0.2, 0.25) is 0 Å². The molecule has 0 heterocycles. The smallest absolute Gasteiger partial charge is 0.161 e. The van der Waals surface area contributed by atoms with E-state index in [1.807, 2.05) is 49.4 Å². The molecular weight excluding hydrogens is 340 g/mol. The van der Waals surface area contributed by atoms with Gasteiger partial charge in [0.1, 0.15) is 25.2 Å². The molecule has 0 saturated carbocycles. The Kier molecular flexibility index (Phi) is 6.47. The van der Waals surface area contributed by atoms with Gasteiger partial charge in [-0.2, -0.15) is 0 Å². The Bertz CT molecular complexity index is 857. The van der Waals surface area contributed by atoms with Gasteiger partial charge in [-0.05, 0) is 48.4 Å². The topological polar surface area (TPSA) is 44.8 Å². The van der Waals surface area contributed by atoms with Crippen LogP contribution in [0.3, 0.4) is 0 Å². The minimum absolute atomic E-state index is 0.376. The molecule has 27 heavy (non-hydrogen) atoms. The van der Waals surface area contributed by atoms with Crippen molar-refractivity contribution in [3.8, 4) is 28.4 Å². The van der Waals surface area contributed by atoms with Crippen LogP contribution in [0.25, 0.3) is 11.1 Å². The molecule has 4 heteroatoms. The van der Waals surface area contributed by atoms with Gasteiger partial charge in [0.25, 0.3) is 0 Å². The maximum Gasteiger partial charge on any atom is 0.161 e. The number of benzene rings is 3. The highest BCUT2D eigenvalue weighted by molar-refractivity contribution is 5.76. The van der Waals surface area contributed by atoms with Gasteiger partial charge in [0, 0.05) is 5.56 Å². The Morgan fingerprint density at radius 3 is 2.15 bits per heavy atom. The van der Waals surface area contributed by atoms with Gasteiger partial charge in [0.15, 0.2) is 11.5 Å². The van der Waals surface area contributed by atoms with Gasteiger partial charge in [-0.1, -0.05) is 42.5 Å². The molecule has 0 unspecified atom stereocenters. The predicted molar refractivity (Wildman–Crippen MR) is 106 cm³/mol. The van der Waals surface area contributed by atoms with Gasteiger partial charge in [-0.15, -0.1) is 0 Å². The molecule has 138 valence electrons. The summed E-state index contributed by atoms with van der Waals surface area (Å²) >= 11 is 0. The van der Waals surface area contributed by atoms with Crippen molar-refractivity contribution in [2.75, 3.05) is 19.8 Å². The number of carbonyl (C=O) groups excluding carboxylic acids is 1. The molecule has 0 aliphatic carbocycles. The summed E-state index contributed by atoms with van der Waals surface area (Å²) in [5.41, 5.74) is 2.88. The lowest BCUT2D eigenvalue weighted by atomic mass is 10.1. The third kappa shape index (κ3) is 5.11. The summed E-state index contributed by atoms with van der Waals surface area (Å²) in [6.45, 7) is 3.18. The van der Waals surface area contributed by atoms with E-state index in [1.54, 1.807) is 18.2 Å². The van der Waals surface area contributed by atoms with Crippen molar-refractivity contribution in [2.24, 2.45) is 0 Å². The molecule has 3 rings (SSSR count). The van der Waals surface area contributed by atoms with E-state index in [2.05, 4.69) is 12.1 Å². The fourth-order valence-corrected chi connectivity index (χ4v) is 2.67. The number of aldehydes is 1. The third-order valence-electron chi connectivity index (χ3n) is 3.97. The van der Waals surface area contributed by atoms with E-state index in [4.69, 9.17) is 14.2 Å². The monoisotopic (exact) mass is 362 g/mol. The van der Waals surface area contributed by atoms with Crippen LogP contribution in [-0.2, 0) is 0 Å². The summed E-state index contributed by atoms with van der Waals surface area (Å²) in [5.74, 6) is 1.96. The van der Waals surface area contributed by atoms with Gasteiger partial charge in [0.2, 0.25) is 0 Å². The molecule has 0 aromatic heterocycles. The highest BCUT2D eigenvalue weighted by atomic mass is 16.5. The number of rotatable bonds is 9. The normalized spacial score (nSPS) is 10.3. The first kappa shape index (κ1) is 18.5. The van der Waals surface area contributed by atoms with Crippen LogP contribution in [0.1, 0.15) is 17.3 Å². The average molecular weight is 362 g/mol. The van der Waals surface area contributed by atoms with Crippen molar-refractivity contribution < 1.29 is 19.0 Å². The second kappa shape index (κ2) is 9.43. The summed E-state index contributed by atoms with van der Waals surface area (Å²) < 4.78 is 17.0. The van der Waals surface area contributed by atoms with Crippen molar-refractivity contribution >= 4 is 6.29 Å². The zero-order chi connectivity index (χ0) is 18.9. The first-order valence-corrected chi connectivity index (χ1v) is 8.93. The van der Waals surface area contributed by atoms with Crippen molar-refractivity contribution in [3.63, 3.8) is 0 Å². The molecule has 0 N–H and O–H groups in total. The maximum absolute atomic E-state index is 10.9. The molecule has 0 radical (unpaired) electrons. The van der Waals surface area contributed by atoms with Gasteiger partial charge in [-0.25, -0.2) is 0 Å². The molecule has 0 aliphatic heterocycles. The third-order valence-corrected chi connectivity index (χ3v) is 3.97. The van der Waals surface area contributed by atoms with E-state index in [1.165, 1.54) is 5.56 Å². The van der Waals surface area contributed by atoms with Crippen LogP contribution in [0.4, 0.5) is 0 Å². The van der Waals surface area contributed by atoms with E-state index < -0.39 is 0 Å². The number of hydrogen-bond donors (Lipinski definition) is 0. The standard InChI is InChI=1S/C23H22O4/c1-2-25-23-16-18(17-24)8-13-22(23)27-15-14-26-21-11-9-20(10-12-21)19-6-4-3-5-7-19/h3-13,16-17H,2,14-15H2,1H3. The quantitative estimate of drug-likeness (QED) is 0.396. The fourth-order valence-electron chi connectivity index (χ4n) is 2.67. The predicted octanol–water partition coefficient (Wildman–Crippen LogP) is 5.02. The molecule has 0 amide bonds. The van der Waals surface area contributed by atoms with Crippen LogP contribution in [0.5, 0.6) is 17.2 Å². The number of hydrogen-bond acceptors (Lipinski definition) is 4. The molecule has 3 aromatic rings. The van der Waals surface area contributed by atoms with Crippen LogP contribution in [0, 0.1) is 0 Å². The van der Waals surface area contributed by atoms with Crippen molar-refractivity contribution in [1.82, 2.24) is 0 Å². The molecule has 0 aliphatic rings. The minimum atomic E-state index is 0.376. The Hall–Kier alpha value is -3.27. The Morgan fingerprint density at radius 1 is 0.741 bits per heavy atom. The molecule has 0 spiro atoms. The average Bonchev–Trinajstić information content (AvgIpc) is 2.73. The molecule has 0 saturated heterocycles. The van der Waals surface area contributed by atoms with Gasteiger partial charge < -0.3 is 14.2 Å². The summed E-state index contributed by atoms with van der Waals surface area (Å²) in [7, 11) is 0. The summed E-state index contributed by atoms with van der Waals surface area (Å²) in [5, 5.41) is 0. The van der Waals surface area contributed by atoms with Crippen LogP contribution < -0.4 is 14.2 Å². The van der Waals surface area contributed by atoms with E-state index >= 15 is 0 Å². The lowest BCUT2D eigenvalue weighted by molar-refractivity contribution is 0.112. The number of carbonyl (C=O) groups is 1. The minimum Gasteiger partial charge on any atom is -0.490 e. The maximum atomic E-state index is 10.9. The lowest BCUT2D eigenvalue weighted by Gasteiger charge is -2.13. The van der Waals surface area contributed by atoms with Crippen LogP contribution >= 0.6 is 0 Å². The van der Waals surface area contributed by atoms with Gasteiger partial charge in [-0.3, -0.25) is 4.79 Å². The van der Waals surface area contributed by atoms with Gasteiger partial charge >= 0.3 is 0 Å². The van der Waals surface area contributed by atoms with E-state index in [9.17, 15) is 4.79 Å². The Morgan fingerprint density at radius 2 is 1.44 bits per heavy atom.